The van der Waals surface area contributed by atoms with Crippen LogP contribution < -0.4 is 16.8 Å². The van der Waals surface area contributed by atoms with Crippen molar-refractivity contribution < 1.29 is 0 Å². The molecule has 0 saturated carbocycles. The highest BCUT2D eigenvalue weighted by atomic mass is 32.1. The van der Waals surface area contributed by atoms with Crippen molar-refractivity contribution in [2.75, 3.05) is 24.1 Å². The summed E-state index contributed by atoms with van der Waals surface area (Å²) in [4.78, 5) is 11.3. The fourth-order valence-corrected chi connectivity index (χ4v) is 3.72. The Balaban J connectivity index is 2.08. The van der Waals surface area contributed by atoms with Crippen LogP contribution in [-0.2, 0) is 12.8 Å². The van der Waals surface area contributed by atoms with E-state index < -0.39 is 0 Å². The van der Waals surface area contributed by atoms with Crippen LogP contribution in [-0.4, -0.2) is 23.1 Å². The second-order valence-electron chi connectivity index (χ2n) is 4.54. The normalized spacial score (nSPS) is 14.7. The monoisotopic (exact) mass is 263 g/mol. The molecule has 3 rings (SSSR count). The zero-order valence-electron chi connectivity index (χ0n) is 10.2. The van der Waals surface area contributed by atoms with Gasteiger partial charge < -0.3 is 16.8 Å². The maximum absolute atomic E-state index is 6.08. The van der Waals surface area contributed by atoms with Crippen LogP contribution in [0, 0.1) is 0 Å². The molecular weight excluding hydrogens is 246 g/mol. The number of anilines is 2. The van der Waals surface area contributed by atoms with E-state index in [4.69, 9.17) is 11.5 Å². The summed E-state index contributed by atoms with van der Waals surface area (Å²) in [5, 5.41) is 4.16. The SMILES string of the molecule is NCCNc1nc(N)c2c3c(sc2n1)CCCC3. The minimum Gasteiger partial charge on any atom is -0.383 e. The molecular formula is C12H17N5S. The highest BCUT2D eigenvalue weighted by Crippen LogP contribution is 2.38. The molecule has 0 aliphatic heterocycles. The summed E-state index contributed by atoms with van der Waals surface area (Å²) >= 11 is 1.76. The molecule has 5 nitrogen and oxygen atoms in total. The highest BCUT2D eigenvalue weighted by molar-refractivity contribution is 7.19. The van der Waals surface area contributed by atoms with Crippen molar-refractivity contribution in [3.8, 4) is 0 Å². The van der Waals surface area contributed by atoms with Gasteiger partial charge in [-0.3, -0.25) is 0 Å². The van der Waals surface area contributed by atoms with Gasteiger partial charge >= 0.3 is 0 Å². The average Bonchev–Trinajstić information content (AvgIpc) is 2.74. The molecule has 0 fully saturated rings. The van der Waals surface area contributed by atoms with Gasteiger partial charge in [-0.15, -0.1) is 11.3 Å². The Morgan fingerprint density at radius 1 is 1.22 bits per heavy atom. The number of aryl methyl sites for hydroxylation is 2. The summed E-state index contributed by atoms with van der Waals surface area (Å²) in [6.07, 6.45) is 4.77. The lowest BCUT2D eigenvalue weighted by Crippen LogP contribution is -2.15. The first kappa shape index (κ1) is 11.7. The Morgan fingerprint density at radius 3 is 2.89 bits per heavy atom. The number of rotatable bonds is 3. The number of nitrogens with two attached hydrogens (primary N) is 2. The zero-order valence-corrected chi connectivity index (χ0v) is 11.0. The van der Waals surface area contributed by atoms with E-state index >= 15 is 0 Å². The Bertz CT molecular complexity index is 577. The molecule has 0 bridgehead atoms. The van der Waals surface area contributed by atoms with Gasteiger partial charge in [-0.05, 0) is 31.2 Å². The first-order chi connectivity index (χ1) is 8.79. The molecule has 0 spiro atoms. The number of fused-ring (bicyclic) bond motifs is 3. The lowest BCUT2D eigenvalue weighted by atomic mass is 9.97. The smallest absolute Gasteiger partial charge is 0.226 e. The predicted octanol–water partition coefficient (Wildman–Crippen LogP) is 1.52. The summed E-state index contributed by atoms with van der Waals surface area (Å²) in [5.41, 5.74) is 12.9. The third-order valence-electron chi connectivity index (χ3n) is 3.27. The van der Waals surface area contributed by atoms with E-state index in [2.05, 4.69) is 15.3 Å². The maximum Gasteiger partial charge on any atom is 0.226 e. The minimum absolute atomic E-state index is 0.558. The lowest BCUT2D eigenvalue weighted by Gasteiger charge is -2.10. The van der Waals surface area contributed by atoms with E-state index in [1.807, 2.05) is 0 Å². The molecule has 0 radical (unpaired) electrons. The van der Waals surface area contributed by atoms with Crippen LogP contribution in [0.25, 0.3) is 10.2 Å². The third kappa shape index (κ3) is 1.91. The number of thiophene rings is 1. The number of nitrogens with zero attached hydrogens (tertiary/aromatic N) is 2. The van der Waals surface area contributed by atoms with Crippen LogP contribution in [0.15, 0.2) is 0 Å². The molecule has 1 aliphatic rings. The molecule has 5 N–H and O–H groups in total. The molecule has 0 amide bonds. The van der Waals surface area contributed by atoms with E-state index in [1.165, 1.54) is 23.3 Å². The number of nitrogen functional groups attached to an aromatic ring is 1. The summed E-state index contributed by atoms with van der Waals surface area (Å²) in [7, 11) is 0. The second-order valence-corrected chi connectivity index (χ2v) is 5.62. The molecule has 96 valence electrons. The van der Waals surface area contributed by atoms with Gasteiger partial charge in [-0.2, -0.15) is 4.98 Å². The van der Waals surface area contributed by atoms with Crippen molar-refractivity contribution in [2.24, 2.45) is 5.73 Å². The van der Waals surface area contributed by atoms with Gasteiger partial charge in [0.1, 0.15) is 10.6 Å². The van der Waals surface area contributed by atoms with E-state index in [0.717, 1.165) is 23.1 Å². The van der Waals surface area contributed by atoms with Gasteiger partial charge in [0.25, 0.3) is 0 Å². The van der Waals surface area contributed by atoms with Crippen molar-refractivity contribution in [1.29, 1.82) is 0 Å². The number of aromatic nitrogens is 2. The summed E-state index contributed by atoms with van der Waals surface area (Å²) < 4.78 is 0. The standard InChI is InChI=1S/C12H17N5S/c13-5-6-15-12-16-10(14)9-7-3-1-2-4-8(7)18-11(9)17-12/h1-6,13H2,(H3,14,15,16,17). The minimum atomic E-state index is 0.558. The highest BCUT2D eigenvalue weighted by Gasteiger charge is 2.19. The summed E-state index contributed by atoms with van der Waals surface area (Å²) in [6, 6.07) is 0. The lowest BCUT2D eigenvalue weighted by molar-refractivity contribution is 0.700. The molecule has 0 saturated heterocycles. The van der Waals surface area contributed by atoms with Gasteiger partial charge in [-0.25, -0.2) is 4.98 Å². The zero-order chi connectivity index (χ0) is 12.5. The van der Waals surface area contributed by atoms with Gasteiger partial charge in [0.2, 0.25) is 5.95 Å². The van der Waals surface area contributed by atoms with Crippen molar-refractivity contribution in [2.45, 2.75) is 25.7 Å². The fourth-order valence-electron chi connectivity index (χ4n) is 2.45. The molecule has 2 aromatic heterocycles. The van der Waals surface area contributed by atoms with E-state index in [-0.39, 0.29) is 0 Å². The Morgan fingerprint density at radius 2 is 2.06 bits per heavy atom. The quantitative estimate of drug-likeness (QED) is 0.781. The molecule has 6 heteroatoms. The summed E-state index contributed by atoms with van der Waals surface area (Å²) in [6.45, 7) is 1.22. The Kier molecular flexibility index (Phi) is 3.05. The van der Waals surface area contributed by atoms with Gasteiger partial charge in [0.15, 0.2) is 0 Å². The molecule has 2 heterocycles. The van der Waals surface area contributed by atoms with Crippen LogP contribution in [0.1, 0.15) is 23.3 Å². The Hall–Kier alpha value is -1.40. The van der Waals surface area contributed by atoms with E-state index in [9.17, 15) is 0 Å². The first-order valence-corrected chi connectivity index (χ1v) is 7.13. The fraction of sp³-hybridized carbons (Fsp3) is 0.500. The van der Waals surface area contributed by atoms with Crippen molar-refractivity contribution in [3.05, 3.63) is 10.4 Å². The number of nitrogens with one attached hydrogen (secondary N) is 1. The van der Waals surface area contributed by atoms with Crippen molar-refractivity contribution in [3.63, 3.8) is 0 Å². The van der Waals surface area contributed by atoms with E-state index in [1.54, 1.807) is 11.3 Å². The van der Waals surface area contributed by atoms with Crippen LogP contribution in [0.3, 0.4) is 0 Å². The van der Waals surface area contributed by atoms with Crippen LogP contribution >= 0.6 is 11.3 Å². The van der Waals surface area contributed by atoms with Crippen LogP contribution in [0.4, 0.5) is 11.8 Å². The number of hydrogen-bond donors (Lipinski definition) is 3. The predicted molar refractivity (Wildman–Crippen MR) is 76.0 cm³/mol. The topological polar surface area (TPSA) is 89.8 Å². The molecule has 2 aromatic rings. The van der Waals surface area contributed by atoms with Crippen molar-refractivity contribution >= 4 is 33.3 Å². The molecule has 0 atom stereocenters. The third-order valence-corrected chi connectivity index (χ3v) is 4.46. The second kappa shape index (κ2) is 4.70. The van der Waals surface area contributed by atoms with Gasteiger partial charge in [-0.1, -0.05) is 0 Å². The molecule has 0 unspecified atom stereocenters. The van der Waals surface area contributed by atoms with E-state index in [0.29, 0.717) is 24.9 Å². The average molecular weight is 263 g/mol. The summed E-state index contributed by atoms with van der Waals surface area (Å²) in [5.74, 6) is 1.18. The first-order valence-electron chi connectivity index (χ1n) is 6.31. The molecule has 0 aromatic carbocycles. The van der Waals surface area contributed by atoms with Crippen LogP contribution in [0.5, 0.6) is 0 Å². The van der Waals surface area contributed by atoms with Gasteiger partial charge in [0.05, 0.1) is 5.39 Å². The van der Waals surface area contributed by atoms with Crippen molar-refractivity contribution in [1.82, 2.24) is 9.97 Å². The molecule has 1 aliphatic carbocycles. The number of hydrogen-bond acceptors (Lipinski definition) is 6. The van der Waals surface area contributed by atoms with Crippen LogP contribution in [0.2, 0.25) is 0 Å². The largest absolute Gasteiger partial charge is 0.383 e. The Labute approximate surface area is 110 Å². The van der Waals surface area contributed by atoms with Gasteiger partial charge in [0, 0.05) is 18.0 Å². The maximum atomic E-state index is 6.08. The molecule has 18 heavy (non-hydrogen) atoms.